The summed E-state index contributed by atoms with van der Waals surface area (Å²) in [7, 11) is 1.48. The summed E-state index contributed by atoms with van der Waals surface area (Å²) in [4.78, 5) is 12.7. The number of carbonyl (C=O) groups is 1. The van der Waals surface area contributed by atoms with E-state index in [0.29, 0.717) is 22.9 Å². The molecule has 0 heterocycles. The molecule has 2 atom stereocenters. The first kappa shape index (κ1) is 19.7. The second-order valence-corrected chi connectivity index (χ2v) is 7.04. The lowest BCUT2D eigenvalue weighted by Crippen LogP contribution is -2.16. The van der Waals surface area contributed by atoms with Gasteiger partial charge in [-0.2, -0.15) is 0 Å². The van der Waals surface area contributed by atoms with E-state index in [1.54, 1.807) is 18.2 Å². The van der Waals surface area contributed by atoms with Crippen molar-refractivity contribution in [1.29, 1.82) is 0 Å². The molecule has 0 amide bonds. The van der Waals surface area contributed by atoms with Gasteiger partial charge in [-0.3, -0.25) is 4.79 Å². The van der Waals surface area contributed by atoms with Crippen molar-refractivity contribution in [2.24, 2.45) is 0 Å². The van der Waals surface area contributed by atoms with Crippen molar-refractivity contribution in [3.05, 3.63) is 52.5 Å². The van der Waals surface area contributed by atoms with Gasteiger partial charge in [0.15, 0.2) is 11.8 Å². The molecule has 0 N–H and O–H groups in total. The van der Waals surface area contributed by atoms with Crippen molar-refractivity contribution in [3.63, 3.8) is 0 Å². The second-order valence-electron chi connectivity index (χ2n) is 5.39. The van der Waals surface area contributed by atoms with E-state index in [1.807, 2.05) is 39.0 Å². The topological polar surface area (TPSA) is 44.8 Å². The van der Waals surface area contributed by atoms with Crippen LogP contribution in [-0.2, 0) is 4.74 Å². The molecule has 2 aromatic rings. The van der Waals surface area contributed by atoms with Crippen LogP contribution in [0.15, 0.2) is 36.4 Å². The Hall–Kier alpha value is -1.61. The third-order valence-electron chi connectivity index (χ3n) is 3.57. The van der Waals surface area contributed by atoms with E-state index >= 15 is 0 Å². The smallest absolute Gasteiger partial charge is 0.196 e. The van der Waals surface area contributed by atoms with Gasteiger partial charge in [0.25, 0.3) is 0 Å². The van der Waals surface area contributed by atoms with E-state index in [9.17, 15) is 4.79 Å². The highest BCUT2D eigenvalue weighted by molar-refractivity contribution is 7.66. The highest BCUT2D eigenvalue weighted by Gasteiger charge is 2.18. The van der Waals surface area contributed by atoms with E-state index in [4.69, 9.17) is 25.8 Å². The van der Waals surface area contributed by atoms with Crippen molar-refractivity contribution in [2.45, 2.75) is 27.1 Å². The van der Waals surface area contributed by atoms with E-state index in [0.717, 1.165) is 16.6 Å². The molecule has 2 aromatic carbocycles. The molecule has 6 heteroatoms. The van der Waals surface area contributed by atoms with Crippen LogP contribution in [0, 0.1) is 6.92 Å². The van der Waals surface area contributed by atoms with Crippen LogP contribution in [0.4, 0.5) is 0 Å². The standard InChI is InChI=1S/C19H22ClO4P/c1-5-23-13(3)24-14-9-10-17(12(2)11-14)25-19(21)18-15(20)7-6-8-16(18)22-4/h6-11,13,25H,5H2,1-4H3. The monoisotopic (exact) mass is 380 g/mol. The van der Waals surface area contributed by atoms with Gasteiger partial charge in [-0.25, -0.2) is 0 Å². The predicted octanol–water partition coefficient (Wildman–Crippen LogP) is 4.56. The van der Waals surface area contributed by atoms with Gasteiger partial charge in [-0.05, 0) is 64.5 Å². The van der Waals surface area contributed by atoms with E-state index in [2.05, 4.69) is 0 Å². The molecule has 0 saturated carbocycles. The Morgan fingerprint density at radius 1 is 1.28 bits per heavy atom. The minimum absolute atomic E-state index is 0.0472. The van der Waals surface area contributed by atoms with Crippen LogP contribution in [-0.4, -0.2) is 25.5 Å². The molecular formula is C19H22ClO4P. The van der Waals surface area contributed by atoms with Crippen molar-refractivity contribution in [2.75, 3.05) is 13.7 Å². The van der Waals surface area contributed by atoms with Crippen LogP contribution in [0.5, 0.6) is 11.5 Å². The third kappa shape index (κ3) is 5.18. The molecule has 0 saturated heterocycles. The largest absolute Gasteiger partial charge is 0.496 e. The number of ether oxygens (including phenoxy) is 3. The van der Waals surface area contributed by atoms with Crippen molar-refractivity contribution >= 4 is 31.0 Å². The van der Waals surface area contributed by atoms with Gasteiger partial charge in [0, 0.05) is 6.61 Å². The summed E-state index contributed by atoms with van der Waals surface area (Å²) in [5.41, 5.74) is 1.36. The maximum Gasteiger partial charge on any atom is 0.196 e. The van der Waals surface area contributed by atoms with Crippen LogP contribution >= 0.6 is 20.2 Å². The summed E-state index contributed by atoms with van der Waals surface area (Å²) in [6.45, 7) is 6.32. The molecule has 0 aliphatic heterocycles. The zero-order valence-electron chi connectivity index (χ0n) is 14.8. The molecule has 134 valence electrons. The predicted molar refractivity (Wildman–Crippen MR) is 103 cm³/mol. The van der Waals surface area contributed by atoms with Crippen LogP contribution in [0.2, 0.25) is 5.02 Å². The number of aryl methyl sites for hydroxylation is 1. The number of methoxy groups -OCH3 is 1. The Morgan fingerprint density at radius 2 is 2.04 bits per heavy atom. The van der Waals surface area contributed by atoms with Crippen LogP contribution in [0.25, 0.3) is 0 Å². The van der Waals surface area contributed by atoms with Crippen LogP contribution in [0.3, 0.4) is 0 Å². The summed E-state index contributed by atoms with van der Waals surface area (Å²) >= 11 is 6.19. The Balaban J connectivity index is 2.17. The highest BCUT2D eigenvalue weighted by Crippen LogP contribution is 2.33. The molecule has 0 fully saturated rings. The Morgan fingerprint density at radius 3 is 2.68 bits per heavy atom. The maximum atomic E-state index is 12.7. The third-order valence-corrected chi connectivity index (χ3v) is 5.19. The molecule has 4 nitrogen and oxygen atoms in total. The van der Waals surface area contributed by atoms with Crippen molar-refractivity contribution < 1.29 is 19.0 Å². The Bertz CT molecular complexity index is 748. The van der Waals surface area contributed by atoms with E-state index in [1.165, 1.54) is 7.11 Å². The lowest BCUT2D eigenvalue weighted by atomic mass is 10.2. The number of hydrogen-bond acceptors (Lipinski definition) is 4. The van der Waals surface area contributed by atoms with Crippen LogP contribution < -0.4 is 14.8 Å². The van der Waals surface area contributed by atoms with Gasteiger partial charge in [-0.1, -0.05) is 23.7 Å². The number of carbonyl (C=O) groups excluding carboxylic acids is 1. The SMILES string of the molecule is CCOC(C)Oc1ccc(PC(=O)c2c(Cl)cccc2OC)c(C)c1. The minimum atomic E-state index is -0.313. The summed E-state index contributed by atoms with van der Waals surface area (Å²) in [6, 6.07) is 10.9. The van der Waals surface area contributed by atoms with Gasteiger partial charge in [0.1, 0.15) is 11.5 Å². The molecule has 0 spiro atoms. The highest BCUT2D eigenvalue weighted by atomic mass is 35.5. The fourth-order valence-electron chi connectivity index (χ4n) is 2.39. The van der Waals surface area contributed by atoms with Gasteiger partial charge in [0.2, 0.25) is 0 Å². The molecule has 0 aliphatic rings. The van der Waals surface area contributed by atoms with E-state index in [-0.39, 0.29) is 20.4 Å². The lowest BCUT2D eigenvalue weighted by Gasteiger charge is -2.16. The summed E-state index contributed by atoms with van der Waals surface area (Å²) in [5, 5.41) is 1.35. The maximum absolute atomic E-state index is 12.7. The summed E-state index contributed by atoms with van der Waals surface area (Å²) in [5.74, 6) is 1.21. The molecule has 0 aliphatic carbocycles. The lowest BCUT2D eigenvalue weighted by molar-refractivity contribution is -0.0613. The van der Waals surface area contributed by atoms with Crippen molar-refractivity contribution in [3.8, 4) is 11.5 Å². The first-order valence-electron chi connectivity index (χ1n) is 7.99. The molecule has 0 bridgehead atoms. The number of rotatable bonds is 8. The van der Waals surface area contributed by atoms with Gasteiger partial charge in [-0.15, -0.1) is 0 Å². The van der Waals surface area contributed by atoms with Crippen molar-refractivity contribution in [1.82, 2.24) is 0 Å². The zero-order valence-corrected chi connectivity index (χ0v) is 16.5. The first-order valence-corrected chi connectivity index (χ1v) is 9.36. The summed E-state index contributed by atoms with van der Waals surface area (Å²) < 4.78 is 16.3. The van der Waals surface area contributed by atoms with Gasteiger partial charge >= 0.3 is 0 Å². The quantitative estimate of drug-likeness (QED) is 0.497. The normalized spacial score (nSPS) is 12.4. The molecule has 0 radical (unpaired) electrons. The molecule has 0 aromatic heterocycles. The average Bonchev–Trinajstić information content (AvgIpc) is 2.57. The van der Waals surface area contributed by atoms with Gasteiger partial charge in [0.05, 0.1) is 17.7 Å². The molecule has 2 unspecified atom stereocenters. The second kappa shape index (κ2) is 9.19. The molecular weight excluding hydrogens is 359 g/mol. The summed E-state index contributed by atoms with van der Waals surface area (Å²) in [6.07, 6.45) is -0.313. The van der Waals surface area contributed by atoms with Crippen LogP contribution in [0.1, 0.15) is 29.8 Å². The Labute approximate surface area is 155 Å². The van der Waals surface area contributed by atoms with Gasteiger partial charge < -0.3 is 14.2 Å². The number of benzene rings is 2. The van der Waals surface area contributed by atoms with E-state index < -0.39 is 0 Å². The number of halogens is 1. The average molecular weight is 381 g/mol. The zero-order chi connectivity index (χ0) is 18.4. The fraction of sp³-hybridized carbons (Fsp3) is 0.316. The molecule has 2 rings (SSSR count). The number of hydrogen-bond donors (Lipinski definition) is 0. The molecule has 25 heavy (non-hydrogen) atoms. The Kier molecular flexibility index (Phi) is 7.24. The minimum Gasteiger partial charge on any atom is -0.496 e. The first-order chi connectivity index (χ1) is 12.0. The fourth-order valence-corrected chi connectivity index (χ4v) is 3.78.